The monoisotopic (exact) mass is 315 g/mol. The van der Waals surface area contributed by atoms with Gasteiger partial charge in [-0.3, -0.25) is 4.79 Å². The maximum absolute atomic E-state index is 12.9. The molecule has 0 fully saturated rings. The largest absolute Gasteiger partial charge is 0.486 e. The lowest BCUT2D eigenvalue weighted by atomic mass is 10.1. The van der Waals surface area contributed by atoms with Gasteiger partial charge in [0.15, 0.2) is 17.6 Å². The molecule has 1 aliphatic heterocycles. The number of hydrogen-bond donors (Lipinski definition) is 0. The zero-order valence-corrected chi connectivity index (χ0v) is 12.9. The first-order valence-corrected chi connectivity index (χ1v) is 7.49. The summed E-state index contributed by atoms with van der Waals surface area (Å²) in [5.74, 6) is 1.08. The van der Waals surface area contributed by atoms with Crippen LogP contribution in [0.4, 0.5) is 4.39 Å². The second-order valence-corrected chi connectivity index (χ2v) is 5.58. The SMILES string of the molecule is CN(C[C@@H]1COc2ccccc2O1)C(=O)Cc1ccc(F)cc1. The van der Waals surface area contributed by atoms with Gasteiger partial charge in [-0.1, -0.05) is 24.3 Å². The second kappa shape index (κ2) is 6.69. The summed E-state index contributed by atoms with van der Waals surface area (Å²) in [7, 11) is 1.73. The molecule has 0 aromatic heterocycles. The van der Waals surface area contributed by atoms with Crippen LogP contribution in [0.2, 0.25) is 0 Å². The number of nitrogens with zero attached hydrogens (tertiary/aromatic N) is 1. The zero-order valence-electron chi connectivity index (χ0n) is 12.9. The van der Waals surface area contributed by atoms with Crippen LogP contribution in [0.1, 0.15) is 5.56 Å². The van der Waals surface area contributed by atoms with Gasteiger partial charge < -0.3 is 14.4 Å². The quantitative estimate of drug-likeness (QED) is 0.871. The summed E-state index contributed by atoms with van der Waals surface area (Å²) in [5, 5.41) is 0. The topological polar surface area (TPSA) is 38.8 Å². The summed E-state index contributed by atoms with van der Waals surface area (Å²) >= 11 is 0. The van der Waals surface area contributed by atoms with Crippen molar-refractivity contribution in [1.29, 1.82) is 0 Å². The van der Waals surface area contributed by atoms with Crippen molar-refractivity contribution in [2.75, 3.05) is 20.2 Å². The molecule has 0 radical (unpaired) electrons. The molecule has 5 heteroatoms. The van der Waals surface area contributed by atoms with Crippen LogP contribution in [0, 0.1) is 5.82 Å². The predicted octanol–water partition coefficient (Wildman–Crippen LogP) is 2.67. The maximum Gasteiger partial charge on any atom is 0.226 e. The van der Waals surface area contributed by atoms with E-state index in [0.29, 0.717) is 18.9 Å². The number of rotatable bonds is 4. The molecule has 2 aromatic carbocycles. The van der Waals surface area contributed by atoms with Gasteiger partial charge in [0.25, 0.3) is 0 Å². The third-order valence-electron chi connectivity index (χ3n) is 3.74. The fourth-order valence-corrected chi connectivity index (χ4v) is 2.47. The minimum Gasteiger partial charge on any atom is -0.486 e. The highest BCUT2D eigenvalue weighted by atomic mass is 19.1. The van der Waals surface area contributed by atoms with Gasteiger partial charge in [0.1, 0.15) is 12.4 Å². The van der Waals surface area contributed by atoms with Crippen molar-refractivity contribution in [3.63, 3.8) is 0 Å². The molecule has 0 unspecified atom stereocenters. The van der Waals surface area contributed by atoms with Crippen LogP contribution >= 0.6 is 0 Å². The summed E-state index contributed by atoms with van der Waals surface area (Å²) in [6, 6.07) is 13.4. The molecule has 120 valence electrons. The van der Waals surface area contributed by atoms with Crippen LogP contribution in [-0.2, 0) is 11.2 Å². The number of para-hydroxylation sites is 2. The maximum atomic E-state index is 12.9. The first kappa shape index (κ1) is 15.3. The number of amides is 1. The summed E-state index contributed by atoms with van der Waals surface area (Å²) < 4.78 is 24.4. The Labute approximate surface area is 134 Å². The Morgan fingerprint density at radius 1 is 1.17 bits per heavy atom. The van der Waals surface area contributed by atoms with Gasteiger partial charge in [-0.2, -0.15) is 0 Å². The highest BCUT2D eigenvalue weighted by Gasteiger charge is 2.23. The summed E-state index contributed by atoms with van der Waals surface area (Å²) in [4.78, 5) is 13.9. The summed E-state index contributed by atoms with van der Waals surface area (Å²) in [6.07, 6.45) is 0.0353. The highest BCUT2D eigenvalue weighted by Crippen LogP contribution is 2.30. The number of carbonyl (C=O) groups excluding carboxylic acids is 1. The Kier molecular flexibility index (Phi) is 4.46. The number of hydrogen-bond acceptors (Lipinski definition) is 3. The second-order valence-electron chi connectivity index (χ2n) is 5.58. The van der Waals surface area contributed by atoms with Gasteiger partial charge in [-0.25, -0.2) is 4.39 Å². The molecule has 0 spiro atoms. The predicted molar refractivity (Wildman–Crippen MR) is 84.1 cm³/mol. The van der Waals surface area contributed by atoms with Crippen LogP contribution in [0.25, 0.3) is 0 Å². The van der Waals surface area contributed by atoms with E-state index >= 15 is 0 Å². The van der Waals surface area contributed by atoms with Gasteiger partial charge in [-0.05, 0) is 29.8 Å². The number of halogens is 1. The van der Waals surface area contributed by atoms with Crippen LogP contribution in [0.5, 0.6) is 11.5 Å². The van der Waals surface area contributed by atoms with Crippen molar-refractivity contribution in [1.82, 2.24) is 4.90 Å². The van der Waals surface area contributed by atoms with Crippen molar-refractivity contribution in [3.05, 3.63) is 59.9 Å². The molecular weight excluding hydrogens is 297 g/mol. The molecule has 0 N–H and O–H groups in total. The number of carbonyl (C=O) groups is 1. The smallest absolute Gasteiger partial charge is 0.226 e. The van der Waals surface area contributed by atoms with Gasteiger partial charge >= 0.3 is 0 Å². The first-order valence-electron chi connectivity index (χ1n) is 7.49. The lowest BCUT2D eigenvalue weighted by Crippen LogP contribution is -2.42. The van der Waals surface area contributed by atoms with E-state index in [1.807, 2.05) is 24.3 Å². The van der Waals surface area contributed by atoms with Crippen molar-refractivity contribution < 1.29 is 18.7 Å². The van der Waals surface area contributed by atoms with Gasteiger partial charge in [-0.15, -0.1) is 0 Å². The van der Waals surface area contributed by atoms with Crippen LogP contribution in [-0.4, -0.2) is 37.1 Å². The van der Waals surface area contributed by atoms with E-state index in [-0.39, 0.29) is 24.2 Å². The molecule has 1 atom stereocenters. The van der Waals surface area contributed by atoms with Crippen molar-refractivity contribution in [2.45, 2.75) is 12.5 Å². The van der Waals surface area contributed by atoms with E-state index in [1.165, 1.54) is 12.1 Å². The Hall–Kier alpha value is -2.56. The van der Waals surface area contributed by atoms with E-state index in [0.717, 1.165) is 11.3 Å². The normalized spacial score (nSPS) is 16.0. The molecule has 3 rings (SSSR count). The highest BCUT2D eigenvalue weighted by molar-refractivity contribution is 5.78. The standard InChI is InChI=1S/C18H18FNO3/c1-20(18(21)10-13-6-8-14(19)9-7-13)11-15-12-22-16-4-2-3-5-17(16)23-15/h2-9,15H,10-12H2,1H3/t15-/m1/s1. The zero-order chi connectivity index (χ0) is 16.2. The van der Waals surface area contributed by atoms with Gasteiger partial charge in [0.05, 0.1) is 13.0 Å². The summed E-state index contributed by atoms with van der Waals surface area (Å²) in [5.41, 5.74) is 0.786. The molecular formula is C18H18FNO3. The van der Waals surface area contributed by atoms with Crippen LogP contribution in [0.3, 0.4) is 0 Å². The third kappa shape index (κ3) is 3.80. The Morgan fingerprint density at radius 2 is 1.87 bits per heavy atom. The molecule has 1 heterocycles. The Balaban J connectivity index is 1.56. The third-order valence-corrected chi connectivity index (χ3v) is 3.74. The van der Waals surface area contributed by atoms with Crippen LogP contribution in [0.15, 0.2) is 48.5 Å². The van der Waals surface area contributed by atoms with Crippen LogP contribution < -0.4 is 9.47 Å². The van der Waals surface area contributed by atoms with E-state index in [4.69, 9.17) is 9.47 Å². The molecule has 1 amide bonds. The molecule has 0 saturated heterocycles. The molecule has 2 aromatic rings. The molecule has 0 saturated carbocycles. The molecule has 4 nitrogen and oxygen atoms in total. The molecule has 23 heavy (non-hydrogen) atoms. The minimum absolute atomic E-state index is 0.0425. The lowest BCUT2D eigenvalue weighted by Gasteiger charge is -2.29. The first-order chi connectivity index (χ1) is 11.1. The van der Waals surface area contributed by atoms with E-state index in [1.54, 1.807) is 24.1 Å². The van der Waals surface area contributed by atoms with E-state index < -0.39 is 0 Å². The average Bonchev–Trinajstić information content (AvgIpc) is 2.56. The molecule has 0 bridgehead atoms. The fourth-order valence-electron chi connectivity index (χ4n) is 2.47. The average molecular weight is 315 g/mol. The lowest BCUT2D eigenvalue weighted by molar-refractivity contribution is -0.130. The molecule has 1 aliphatic rings. The summed E-state index contributed by atoms with van der Waals surface area (Å²) in [6.45, 7) is 0.847. The Bertz CT molecular complexity index is 687. The number of fused-ring (bicyclic) bond motifs is 1. The van der Waals surface area contributed by atoms with E-state index in [9.17, 15) is 9.18 Å². The minimum atomic E-state index is -0.305. The fraction of sp³-hybridized carbons (Fsp3) is 0.278. The van der Waals surface area contributed by atoms with Gasteiger partial charge in [0.2, 0.25) is 5.91 Å². The Morgan fingerprint density at radius 3 is 2.61 bits per heavy atom. The van der Waals surface area contributed by atoms with Crippen molar-refractivity contribution in [2.24, 2.45) is 0 Å². The number of likely N-dealkylation sites (N-methyl/N-ethyl adjacent to an activating group) is 1. The molecule has 0 aliphatic carbocycles. The number of benzene rings is 2. The van der Waals surface area contributed by atoms with Crippen molar-refractivity contribution in [3.8, 4) is 11.5 Å². The van der Waals surface area contributed by atoms with Crippen molar-refractivity contribution >= 4 is 5.91 Å². The van der Waals surface area contributed by atoms with Gasteiger partial charge in [0, 0.05) is 7.05 Å². The van der Waals surface area contributed by atoms with E-state index in [2.05, 4.69) is 0 Å². The number of ether oxygens (including phenoxy) is 2.